The van der Waals surface area contributed by atoms with Gasteiger partial charge in [0, 0.05) is 11.8 Å². The number of carbonyl (C=O) groups is 1. The van der Waals surface area contributed by atoms with E-state index in [4.69, 9.17) is 4.74 Å². The Labute approximate surface area is 204 Å². The third-order valence-corrected chi connectivity index (χ3v) is 6.99. The zero-order chi connectivity index (χ0) is 22.8. The largest absolute Gasteiger partial charge is 0.465 e. The lowest BCUT2D eigenvalue weighted by Crippen LogP contribution is -2.14. The highest BCUT2D eigenvalue weighted by atomic mass is 79.9. The standard InChI is InChI=1S/C28H55BrO2/c1-3-5-7-9-11-14-18-22-27(23-19-15-12-10-8-6-4-2)26-31-28(30)24-20-16-13-17-21-25-29/h27H,3-26H2,1-2H3. The van der Waals surface area contributed by atoms with Gasteiger partial charge in [-0.15, -0.1) is 0 Å². The molecule has 0 rings (SSSR count). The van der Waals surface area contributed by atoms with E-state index < -0.39 is 0 Å². The predicted molar refractivity (Wildman–Crippen MR) is 141 cm³/mol. The molecule has 0 saturated heterocycles. The van der Waals surface area contributed by atoms with E-state index in [-0.39, 0.29) is 5.97 Å². The molecule has 0 aliphatic carbocycles. The quantitative estimate of drug-likeness (QED) is 0.0704. The highest BCUT2D eigenvalue weighted by Crippen LogP contribution is 2.20. The van der Waals surface area contributed by atoms with Crippen LogP contribution in [0.5, 0.6) is 0 Å². The molecule has 2 nitrogen and oxygen atoms in total. The van der Waals surface area contributed by atoms with E-state index in [1.165, 1.54) is 122 Å². The van der Waals surface area contributed by atoms with Crippen molar-refractivity contribution in [1.29, 1.82) is 0 Å². The van der Waals surface area contributed by atoms with Crippen molar-refractivity contribution in [2.45, 2.75) is 155 Å². The maximum atomic E-state index is 12.2. The van der Waals surface area contributed by atoms with Crippen LogP contribution in [0.4, 0.5) is 0 Å². The molecule has 0 saturated carbocycles. The molecule has 0 aromatic carbocycles. The van der Waals surface area contributed by atoms with E-state index in [1.54, 1.807) is 0 Å². The number of hydrogen-bond donors (Lipinski definition) is 0. The number of carbonyl (C=O) groups excluding carboxylic acids is 1. The molecule has 31 heavy (non-hydrogen) atoms. The lowest BCUT2D eigenvalue weighted by Gasteiger charge is -2.17. The Morgan fingerprint density at radius 1 is 0.613 bits per heavy atom. The Morgan fingerprint density at radius 3 is 1.52 bits per heavy atom. The summed E-state index contributed by atoms with van der Waals surface area (Å²) in [6.45, 7) is 5.22. The third kappa shape index (κ3) is 24.4. The first kappa shape index (κ1) is 30.9. The molecule has 3 heteroatoms. The van der Waals surface area contributed by atoms with Crippen LogP contribution in [0.15, 0.2) is 0 Å². The van der Waals surface area contributed by atoms with Gasteiger partial charge in [-0.05, 0) is 31.6 Å². The number of alkyl halides is 1. The fourth-order valence-corrected chi connectivity index (χ4v) is 4.66. The molecular formula is C28H55BrO2. The molecule has 0 radical (unpaired) electrons. The van der Waals surface area contributed by atoms with Crippen LogP contribution in [0.25, 0.3) is 0 Å². The minimum Gasteiger partial charge on any atom is -0.465 e. The van der Waals surface area contributed by atoms with Gasteiger partial charge < -0.3 is 4.74 Å². The first-order chi connectivity index (χ1) is 15.2. The summed E-state index contributed by atoms with van der Waals surface area (Å²) in [7, 11) is 0. The van der Waals surface area contributed by atoms with Crippen LogP contribution >= 0.6 is 15.9 Å². The smallest absolute Gasteiger partial charge is 0.305 e. The van der Waals surface area contributed by atoms with E-state index in [0.29, 0.717) is 18.9 Å². The van der Waals surface area contributed by atoms with Crippen LogP contribution in [0.2, 0.25) is 0 Å². The second-order valence-electron chi connectivity index (χ2n) is 9.58. The lowest BCUT2D eigenvalue weighted by molar-refractivity contribution is -0.145. The Morgan fingerprint density at radius 2 is 1.03 bits per heavy atom. The number of unbranched alkanes of at least 4 members (excludes halogenated alkanes) is 16. The molecule has 0 N–H and O–H groups in total. The van der Waals surface area contributed by atoms with Crippen molar-refractivity contribution >= 4 is 21.9 Å². The number of hydrogen-bond acceptors (Lipinski definition) is 2. The minimum atomic E-state index is 0.0321. The predicted octanol–water partition coefficient (Wildman–Crippen LogP) is 10.2. The van der Waals surface area contributed by atoms with Gasteiger partial charge >= 0.3 is 5.97 Å². The summed E-state index contributed by atoms with van der Waals surface area (Å²) in [5.41, 5.74) is 0. The van der Waals surface area contributed by atoms with Gasteiger partial charge in [-0.3, -0.25) is 4.79 Å². The molecule has 0 spiro atoms. The van der Waals surface area contributed by atoms with Crippen LogP contribution in [0.1, 0.15) is 155 Å². The SMILES string of the molecule is CCCCCCCCCC(CCCCCCCCC)COC(=O)CCCCCCCBr. The zero-order valence-electron chi connectivity index (χ0n) is 21.2. The number of halogens is 1. The number of rotatable bonds is 25. The molecule has 0 amide bonds. The molecule has 0 fully saturated rings. The average Bonchev–Trinajstić information content (AvgIpc) is 2.77. The van der Waals surface area contributed by atoms with Crippen LogP contribution in [-0.2, 0) is 9.53 Å². The first-order valence-corrected chi connectivity index (χ1v) is 15.1. The Balaban J connectivity index is 3.99. The molecule has 0 aromatic rings. The zero-order valence-corrected chi connectivity index (χ0v) is 22.8. The fraction of sp³-hybridized carbons (Fsp3) is 0.964. The maximum Gasteiger partial charge on any atom is 0.305 e. The molecule has 0 unspecified atom stereocenters. The van der Waals surface area contributed by atoms with Crippen molar-refractivity contribution in [2.75, 3.05) is 11.9 Å². The second-order valence-corrected chi connectivity index (χ2v) is 10.4. The van der Waals surface area contributed by atoms with Gasteiger partial charge in [-0.25, -0.2) is 0 Å². The summed E-state index contributed by atoms with van der Waals surface area (Å²) in [5, 5.41) is 1.09. The van der Waals surface area contributed by atoms with Gasteiger partial charge in [-0.1, -0.05) is 139 Å². The molecule has 0 bridgehead atoms. The van der Waals surface area contributed by atoms with Crippen LogP contribution in [0.3, 0.4) is 0 Å². The molecule has 0 heterocycles. The molecule has 0 aromatic heterocycles. The Bertz CT molecular complexity index is 341. The van der Waals surface area contributed by atoms with Gasteiger partial charge in [0.05, 0.1) is 6.61 Å². The fourth-order valence-electron chi connectivity index (χ4n) is 4.27. The second kappa shape index (κ2) is 26.2. The monoisotopic (exact) mass is 502 g/mol. The Kier molecular flexibility index (Phi) is 26.2. The van der Waals surface area contributed by atoms with Gasteiger partial charge in [0.15, 0.2) is 0 Å². The van der Waals surface area contributed by atoms with E-state index in [0.717, 1.165) is 18.2 Å². The van der Waals surface area contributed by atoms with Gasteiger partial charge in [0.25, 0.3) is 0 Å². The van der Waals surface area contributed by atoms with Crippen LogP contribution < -0.4 is 0 Å². The number of ether oxygens (including phenoxy) is 1. The van der Waals surface area contributed by atoms with E-state index in [1.807, 2.05) is 0 Å². The topological polar surface area (TPSA) is 26.3 Å². The van der Waals surface area contributed by atoms with Crippen molar-refractivity contribution in [2.24, 2.45) is 5.92 Å². The van der Waals surface area contributed by atoms with Crippen molar-refractivity contribution in [3.8, 4) is 0 Å². The summed E-state index contributed by atoms with van der Waals surface area (Å²) >= 11 is 3.47. The van der Waals surface area contributed by atoms with Crippen molar-refractivity contribution in [3.05, 3.63) is 0 Å². The van der Waals surface area contributed by atoms with Crippen molar-refractivity contribution in [3.63, 3.8) is 0 Å². The summed E-state index contributed by atoms with van der Waals surface area (Å²) in [5.74, 6) is 0.610. The van der Waals surface area contributed by atoms with Crippen molar-refractivity contribution < 1.29 is 9.53 Å². The third-order valence-electron chi connectivity index (χ3n) is 6.43. The van der Waals surface area contributed by atoms with Gasteiger partial charge in [0.1, 0.15) is 0 Å². The summed E-state index contributed by atoms with van der Waals surface area (Å²) in [6, 6.07) is 0. The highest BCUT2D eigenvalue weighted by Gasteiger charge is 2.12. The molecule has 186 valence electrons. The van der Waals surface area contributed by atoms with E-state index in [9.17, 15) is 4.79 Å². The van der Waals surface area contributed by atoms with E-state index in [2.05, 4.69) is 29.8 Å². The summed E-state index contributed by atoms with van der Waals surface area (Å²) in [4.78, 5) is 12.2. The molecule has 0 aliphatic rings. The molecular weight excluding hydrogens is 448 g/mol. The lowest BCUT2D eigenvalue weighted by atomic mass is 9.94. The van der Waals surface area contributed by atoms with Crippen LogP contribution in [-0.4, -0.2) is 17.9 Å². The average molecular weight is 504 g/mol. The van der Waals surface area contributed by atoms with Crippen LogP contribution in [0, 0.1) is 5.92 Å². The summed E-state index contributed by atoms with van der Waals surface area (Å²) in [6.07, 6.45) is 28.0. The van der Waals surface area contributed by atoms with E-state index >= 15 is 0 Å². The Hall–Kier alpha value is -0.0500. The maximum absolute atomic E-state index is 12.2. The van der Waals surface area contributed by atoms with Crippen molar-refractivity contribution in [1.82, 2.24) is 0 Å². The van der Waals surface area contributed by atoms with Gasteiger partial charge in [-0.2, -0.15) is 0 Å². The normalized spacial score (nSPS) is 11.4. The molecule has 0 atom stereocenters. The highest BCUT2D eigenvalue weighted by molar-refractivity contribution is 9.09. The minimum absolute atomic E-state index is 0.0321. The number of esters is 1. The summed E-state index contributed by atoms with van der Waals surface area (Å²) < 4.78 is 5.71. The first-order valence-electron chi connectivity index (χ1n) is 14.0. The van der Waals surface area contributed by atoms with Gasteiger partial charge in [0.2, 0.25) is 0 Å². The molecule has 0 aliphatic heterocycles.